The molecule has 0 spiro atoms. The van der Waals surface area contributed by atoms with Crippen LogP contribution >= 0.6 is 0 Å². The SMILES string of the molecule is CCC[C@H]1CO[C@H](c2ccc(CC)cc2)CO1. The fraction of sp³-hybridized carbons (Fsp3) is 0.600. The molecule has 2 heteroatoms. The van der Waals surface area contributed by atoms with Crippen LogP contribution in [0.2, 0.25) is 0 Å². The molecule has 1 aromatic carbocycles. The van der Waals surface area contributed by atoms with Crippen molar-refractivity contribution in [2.45, 2.75) is 45.3 Å². The topological polar surface area (TPSA) is 18.5 Å². The van der Waals surface area contributed by atoms with Crippen LogP contribution in [0.25, 0.3) is 0 Å². The van der Waals surface area contributed by atoms with E-state index in [4.69, 9.17) is 9.47 Å². The van der Waals surface area contributed by atoms with Crippen LogP contribution in [0, 0.1) is 0 Å². The summed E-state index contributed by atoms with van der Waals surface area (Å²) in [6.07, 6.45) is 3.76. The van der Waals surface area contributed by atoms with Gasteiger partial charge in [0.05, 0.1) is 19.3 Å². The highest BCUT2D eigenvalue weighted by Crippen LogP contribution is 2.24. The van der Waals surface area contributed by atoms with Gasteiger partial charge in [-0.25, -0.2) is 0 Å². The lowest BCUT2D eigenvalue weighted by Gasteiger charge is -2.29. The lowest BCUT2D eigenvalue weighted by atomic mass is 10.1. The highest BCUT2D eigenvalue weighted by Gasteiger charge is 2.22. The van der Waals surface area contributed by atoms with Crippen molar-refractivity contribution in [1.29, 1.82) is 0 Å². The quantitative estimate of drug-likeness (QED) is 0.793. The molecule has 17 heavy (non-hydrogen) atoms. The Morgan fingerprint density at radius 1 is 1.06 bits per heavy atom. The standard InChI is InChI=1S/C15H22O2/c1-3-5-14-10-17-15(11-16-14)13-8-6-12(4-2)7-9-13/h6-9,14-15H,3-5,10-11H2,1-2H3/t14-,15-/m0/s1. The predicted molar refractivity (Wildman–Crippen MR) is 69.2 cm³/mol. The first-order valence-electron chi connectivity index (χ1n) is 6.65. The molecule has 1 aliphatic rings. The third-order valence-electron chi connectivity index (χ3n) is 3.34. The van der Waals surface area contributed by atoms with Crippen molar-refractivity contribution in [2.75, 3.05) is 13.2 Å². The molecule has 1 aromatic rings. The largest absolute Gasteiger partial charge is 0.373 e. The molecule has 0 N–H and O–H groups in total. The zero-order valence-corrected chi connectivity index (χ0v) is 10.8. The van der Waals surface area contributed by atoms with Gasteiger partial charge in [-0.15, -0.1) is 0 Å². The van der Waals surface area contributed by atoms with E-state index in [1.807, 2.05) is 0 Å². The van der Waals surface area contributed by atoms with Crippen molar-refractivity contribution >= 4 is 0 Å². The zero-order chi connectivity index (χ0) is 12.1. The molecule has 1 aliphatic heterocycles. The molecule has 0 aliphatic carbocycles. The molecule has 0 unspecified atom stereocenters. The van der Waals surface area contributed by atoms with Gasteiger partial charge < -0.3 is 9.47 Å². The van der Waals surface area contributed by atoms with Crippen molar-refractivity contribution < 1.29 is 9.47 Å². The number of hydrogen-bond donors (Lipinski definition) is 0. The summed E-state index contributed by atoms with van der Waals surface area (Å²) in [5.41, 5.74) is 2.60. The molecule has 2 atom stereocenters. The fourth-order valence-corrected chi connectivity index (χ4v) is 2.19. The summed E-state index contributed by atoms with van der Waals surface area (Å²) in [6, 6.07) is 8.67. The highest BCUT2D eigenvalue weighted by molar-refractivity contribution is 5.24. The van der Waals surface area contributed by atoms with E-state index in [1.165, 1.54) is 11.1 Å². The Bertz CT molecular complexity index is 323. The maximum absolute atomic E-state index is 5.88. The molecule has 1 fully saturated rings. The molecule has 0 bridgehead atoms. The Hall–Kier alpha value is -0.860. The van der Waals surface area contributed by atoms with Gasteiger partial charge in [-0.05, 0) is 24.0 Å². The smallest absolute Gasteiger partial charge is 0.106 e. The van der Waals surface area contributed by atoms with Crippen LogP contribution in [0.15, 0.2) is 24.3 Å². The molecule has 0 amide bonds. The van der Waals surface area contributed by atoms with Crippen LogP contribution in [-0.2, 0) is 15.9 Å². The second-order valence-electron chi connectivity index (χ2n) is 4.66. The van der Waals surface area contributed by atoms with E-state index in [0.717, 1.165) is 25.9 Å². The molecule has 1 saturated heterocycles. The zero-order valence-electron chi connectivity index (χ0n) is 10.8. The molecular formula is C15H22O2. The number of rotatable bonds is 4. The molecular weight excluding hydrogens is 212 g/mol. The molecule has 2 rings (SSSR count). The summed E-state index contributed by atoms with van der Waals surface area (Å²) in [5, 5.41) is 0. The average Bonchev–Trinajstić information content (AvgIpc) is 2.40. The van der Waals surface area contributed by atoms with Gasteiger partial charge in [0.25, 0.3) is 0 Å². The van der Waals surface area contributed by atoms with Gasteiger partial charge in [-0.1, -0.05) is 44.5 Å². The monoisotopic (exact) mass is 234 g/mol. The third-order valence-corrected chi connectivity index (χ3v) is 3.34. The summed E-state index contributed by atoms with van der Waals surface area (Å²) in [7, 11) is 0. The Morgan fingerprint density at radius 2 is 1.82 bits per heavy atom. The van der Waals surface area contributed by atoms with Crippen molar-refractivity contribution in [1.82, 2.24) is 0 Å². The van der Waals surface area contributed by atoms with E-state index in [-0.39, 0.29) is 6.10 Å². The van der Waals surface area contributed by atoms with Crippen molar-refractivity contribution in [3.8, 4) is 0 Å². The minimum atomic E-state index is 0.119. The van der Waals surface area contributed by atoms with Crippen LogP contribution in [0.3, 0.4) is 0 Å². The van der Waals surface area contributed by atoms with Crippen LogP contribution < -0.4 is 0 Å². The maximum atomic E-state index is 5.88. The summed E-state index contributed by atoms with van der Waals surface area (Å²) in [4.78, 5) is 0. The Morgan fingerprint density at radius 3 is 2.35 bits per heavy atom. The van der Waals surface area contributed by atoms with Gasteiger partial charge in [-0.3, -0.25) is 0 Å². The predicted octanol–water partition coefficient (Wildman–Crippen LogP) is 3.51. The van der Waals surface area contributed by atoms with E-state index < -0.39 is 0 Å². The van der Waals surface area contributed by atoms with Crippen LogP contribution in [0.5, 0.6) is 0 Å². The first-order valence-corrected chi connectivity index (χ1v) is 6.65. The maximum Gasteiger partial charge on any atom is 0.106 e. The number of ether oxygens (including phenoxy) is 2. The van der Waals surface area contributed by atoms with Gasteiger partial charge in [-0.2, -0.15) is 0 Å². The molecule has 1 heterocycles. The molecule has 2 nitrogen and oxygen atoms in total. The summed E-state index contributed by atoms with van der Waals surface area (Å²) in [5.74, 6) is 0. The number of benzene rings is 1. The third kappa shape index (κ3) is 3.30. The van der Waals surface area contributed by atoms with E-state index in [0.29, 0.717) is 12.7 Å². The van der Waals surface area contributed by atoms with Gasteiger partial charge in [0.1, 0.15) is 6.10 Å². The lowest BCUT2D eigenvalue weighted by Crippen LogP contribution is -2.30. The van der Waals surface area contributed by atoms with Gasteiger partial charge in [0, 0.05) is 0 Å². The summed E-state index contributed by atoms with van der Waals surface area (Å²) < 4.78 is 11.7. The summed E-state index contributed by atoms with van der Waals surface area (Å²) >= 11 is 0. The highest BCUT2D eigenvalue weighted by atomic mass is 16.6. The van der Waals surface area contributed by atoms with Crippen LogP contribution in [0.4, 0.5) is 0 Å². The molecule has 94 valence electrons. The van der Waals surface area contributed by atoms with Crippen molar-refractivity contribution in [3.05, 3.63) is 35.4 Å². The minimum Gasteiger partial charge on any atom is -0.373 e. The second kappa shape index (κ2) is 6.18. The fourth-order valence-electron chi connectivity index (χ4n) is 2.19. The second-order valence-corrected chi connectivity index (χ2v) is 4.66. The van der Waals surface area contributed by atoms with Crippen molar-refractivity contribution in [3.63, 3.8) is 0 Å². The molecule has 0 radical (unpaired) electrons. The normalized spacial score (nSPS) is 24.8. The molecule has 0 aromatic heterocycles. The number of aryl methyl sites for hydroxylation is 1. The van der Waals surface area contributed by atoms with Gasteiger partial charge in [0.15, 0.2) is 0 Å². The number of hydrogen-bond acceptors (Lipinski definition) is 2. The Balaban J connectivity index is 1.91. The minimum absolute atomic E-state index is 0.119. The van der Waals surface area contributed by atoms with E-state index in [1.54, 1.807) is 0 Å². The first-order chi connectivity index (χ1) is 8.33. The Labute approximate surface area is 104 Å². The van der Waals surface area contributed by atoms with E-state index in [2.05, 4.69) is 38.1 Å². The summed E-state index contributed by atoms with van der Waals surface area (Å²) in [6.45, 7) is 5.77. The van der Waals surface area contributed by atoms with Gasteiger partial charge in [0.2, 0.25) is 0 Å². The van der Waals surface area contributed by atoms with E-state index >= 15 is 0 Å². The lowest BCUT2D eigenvalue weighted by molar-refractivity contribution is -0.137. The Kier molecular flexibility index (Phi) is 4.57. The van der Waals surface area contributed by atoms with Crippen molar-refractivity contribution in [2.24, 2.45) is 0 Å². The first kappa shape index (κ1) is 12.6. The van der Waals surface area contributed by atoms with E-state index in [9.17, 15) is 0 Å². The average molecular weight is 234 g/mol. The van der Waals surface area contributed by atoms with Gasteiger partial charge >= 0.3 is 0 Å². The van der Waals surface area contributed by atoms with Crippen LogP contribution in [0.1, 0.15) is 43.9 Å². The van der Waals surface area contributed by atoms with Crippen LogP contribution in [-0.4, -0.2) is 19.3 Å². The molecule has 0 saturated carbocycles.